The van der Waals surface area contributed by atoms with E-state index in [0.717, 1.165) is 33.4 Å². The summed E-state index contributed by atoms with van der Waals surface area (Å²) in [7, 11) is -3.57. The number of thiophene rings is 1. The summed E-state index contributed by atoms with van der Waals surface area (Å²) in [5.74, 6) is 0.771. The Bertz CT molecular complexity index is 1030. The number of benzene rings is 2. The van der Waals surface area contributed by atoms with Gasteiger partial charge in [-0.15, -0.1) is 11.3 Å². The van der Waals surface area contributed by atoms with Crippen molar-refractivity contribution in [2.24, 2.45) is 0 Å². The zero-order valence-electron chi connectivity index (χ0n) is 12.6. The minimum absolute atomic E-state index is 0.232. The molecule has 0 unspecified atom stereocenters. The zero-order valence-corrected chi connectivity index (χ0v) is 15.0. The second-order valence-electron chi connectivity index (χ2n) is 5.59. The van der Waals surface area contributed by atoms with Gasteiger partial charge >= 0.3 is 0 Å². The van der Waals surface area contributed by atoms with Crippen molar-refractivity contribution >= 4 is 43.0 Å². The number of fused-ring (bicyclic) bond motifs is 2. The molecule has 4 nitrogen and oxygen atoms in total. The molecule has 1 aliphatic heterocycles. The van der Waals surface area contributed by atoms with Gasteiger partial charge in [0.15, 0.2) is 0 Å². The van der Waals surface area contributed by atoms with Gasteiger partial charge in [-0.05, 0) is 58.3 Å². The van der Waals surface area contributed by atoms with Gasteiger partial charge in [0.1, 0.15) is 5.75 Å². The maximum Gasteiger partial charge on any atom is 0.240 e. The Kier molecular flexibility index (Phi) is 4.00. The molecule has 0 amide bonds. The standard InChI is InChI=1S/C17H14ClNO3S2/c18-13-1-4-17-15(8-13)12(10-23-17)9-19-24(20,21)14-2-3-16-11(7-14)5-6-22-16/h1-4,7-8,10,19H,5-6,9H2. The minimum atomic E-state index is -3.57. The molecule has 124 valence electrons. The summed E-state index contributed by atoms with van der Waals surface area (Å²) in [5.41, 5.74) is 1.86. The van der Waals surface area contributed by atoms with Crippen LogP contribution in [0, 0.1) is 0 Å². The first-order valence-electron chi connectivity index (χ1n) is 7.44. The molecule has 0 aliphatic carbocycles. The van der Waals surface area contributed by atoms with Gasteiger partial charge in [-0.2, -0.15) is 0 Å². The summed E-state index contributed by atoms with van der Waals surface area (Å²) in [6.45, 7) is 0.837. The number of nitrogens with one attached hydrogen (secondary N) is 1. The molecule has 0 saturated heterocycles. The molecule has 1 N–H and O–H groups in total. The highest BCUT2D eigenvalue weighted by Crippen LogP contribution is 2.30. The topological polar surface area (TPSA) is 55.4 Å². The van der Waals surface area contributed by atoms with Crippen LogP contribution >= 0.6 is 22.9 Å². The molecule has 4 rings (SSSR count). The maximum absolute atomic E-state index is 12.6. The molecule has 7 heteroatoms. The van der Waals surface area contributed by atoms with Crippen molar-refractivity contribution in [1.29, 1.82) is 0 Å². The van der Waals surface area contributed by atoms with Crippen LogP contribution in [0.4, 0.5) is 0 Å². The Labute approximate surface area is 149 Å². The van der Waals surface area contributed by atoms with Crippen molar-refractivity contribution in [3.8, 4) is 5.75 Å². The molecule has 0 saturated carbocycles. The molecular weight excluding hydrogens is 366 g/mol. The van der Waals surface area contributed by atoms with Gasteiger partial charge in [0.25, 0.3) is 0 Å². The highest BCUT2D eigenvalue weighted by Gasteiger charge is 2.19. The Morgan fingerprint density at radius 2 is 2.08 bits per heavy atom. The first kappa shape index (κ1) is 15.9. The number of sulfonamides is 1. The molecule has 24 heavy (non-hydrogen) atoms. The van der Waals surface area contributed by atoms with Crippen molar-refractivity contribution < 1.29 is 13.2 Å². The lowest BCUT2D eigenvalue weighted by Crippen LogP contribution is -2.23. The first-order valence-corrected chi connectivity index (χ1v) is 10.2. The van der Waals surface area contributed by atoms with Gasteiger partial charge in [0, 0.05) is 22.7 Å². The Morgan fingerprint density at radius 3 is 2.96 bits per heavy atom. The second kappa shape index (κ2) is 6.04. The van der Waals surface area contributed by atoms with Crippen LogP contribution in [0.1, 0.15) is 11.1 Å². The van der Waals surface area contributed by atoms with E-state index >= 15 is 0 Å². The van der Waals surface area contributed by atoms with E-state index < -0.39 is 10.0 Å². The van der Waals surface area contributed by atoms with Gasteiger partial charge in [-0.25, -0.2) is 13.1 Å². The number of hydrogen-bond donors (Lipinski definition) is 1. The van der Waals surface area contributed by atoms with E-state index in [-0.39, 0.29) is 11.4 Å². The molecule has 3 aromatic rings. The molecule has 0 radical (unpaired) electrons. The van der Waals surface area contributed by atoms with Crippen LogP contribution in [0.3, 0.4) is 0 Å². The van der Waals surface area contributed by atoms with E-state index in [0.29, 0.717) is 11.6 Å². The minimum Gasteiger partial charge on any atom is -0.493 e. The smallest absolute Gasteiger partial charge is 0.240 e. The van der Waals surface area contributed by atoms with Crippen molar-refractivity contribution in [2.45, 2.75) is 17.9 Å². The molecule has 2 heterocycles. The molecule has 1 aliphatic rings. The normalized spacial score (nSPS) is 13.9. The van der Waals surface area contributed by atoms with E-state index in [1.54, 1.807) is 29.5 Å². The summed E-state index contributed by atoms with van der Waals surface area (Å²) in [6, 6.07) is 10.6. The van der Waals surface area contributed by atoms with Crippen LogP contribution in [0.15, 0.2) is 46.7 Å². The predicted molar refractivity (Wildman–Crippen MR) is 96.5 cm³/mol. The monoisotopic (exact) mass is 379 g/mol. The van der Waals surface area contributed by atoms with Crippen molar-refractivity contribution in [3.63, 3.8) is 0 Å². The van der Waals surface area contributed by atoms with Gasteiger partial charge in [-0.1, -0.05) is 11.6 Å². The van der Waals surface area contributed by atoms with E-state index in [1.807, 2.05) is 23.6 Å². The van der Waals surface area contributed by atoms with Crippen molar-refractivity contribution in [1.82, 2.24) is 4.72 Å². The van der Waals surface area contributed by atoms with Crippen LogP contribution in [-0.2, 0) is 23.0 Å². The Morgan fingerprint density at radius 1 is 1.21 bits per heavy atom. The third-order valence-electron chi connectivity index (χ3n) is 4.04. The fourth-order valence-electron chi connectivity index (χ4n) is 2.78. The molecule has 0 fully saturated rings. The SMILES string of the molecule is O=S(=O)(NCc1csc2ccc(Cl)cc12)c1ccc2c(c1)CCO2. The summed E-state index contributed by atoms with van der Waals surface area (Å²) in [4.78, 5) is 0.268. The zero-order chi connectivity index (χ0) is 16.7. The van der Waals surface area contributed by atoms with Gasteiger partial charge in [-0.3, -0.25) is 0 Å². The Balaban J connectivity index is 1.59. The van der Waals surface area contributed by atoms with Gasteiger partial charge < -0.3 is 4.74 Å². The maximum atomic E-state index is 12.6. The van der Waals surface area contributed by atoms with Crippen molar-refractivity contribution in [3.05, 3.63) is 57.9 Å². The summed E-state index contributed by atoms with van der Waals surface area (Å²) < 4.78 is 34.3. The lowest BCUT2D eigenvalue weighted by atomic mass is 10.2. The summed E-state index contributed by atoms with van der Waals surface area (Å²) in [5, 5.41) is 3.58. The average Bonchev–Trinajstić information content (AvgIpc) is 3.18. The van der Waals surface area contributed by atoms with Crippen LogP contribution in [0.5, 0.6) is 5.75 Å². The quantitative estimate of drug-likeness (QED) is 0.746. The Hall–Kier alpha value is -1.60. The van der Waals surface area contributed by atoms with Crippen LogP contribution < -0.4 is 9.46 Å². The van der Waals surface area contributed by atoms with E-state index in [2.05, 4.69) is 4.72 Å². The van der Waals surface area contributed by atoms with E-state index in [1.165, 1.54) is 0 Å². The summed E-state index contributed by atoms with van der Waals surface area (Å²) >= 11 is 7.62. The van der Waals surface area contributed by atoms with E-state index in [9.17, 15) is 8.42 Å². The largest absolute Gasteiger partial charge is 0.493 e. The lowest BCUT2D eigenvalue weighted by molar-refractivity contribution is 0.356. The first-order chi connectivity index (χ1) is 11.5. The fourth-order valence-corrected chi connectivity index (χ4v) is 4.95. The van der Waals surface area contributed by atoms with Crippen LogP contribution in [-0.4, -0.2) is 15.0 Å². The molecule has 1 aromatic heterocycles. The third-order valence-corrected chi connectivity index (χ3v) is 6.69. The van der Waals surface area contributed by atoms with Gasteiger partial charge in [0.2, 0.25) is 10.0 Å². The molecule has 0 bridgehead atoms. The average molecular weight is 380 g/mol. The predicted octanol–water partition coefficient (Wildman–Crippen LogP) is 3.97. The van der Waals surface area contributed by atoms with Crippen LogP contribution in [0.25, 0.3) is 10.1 Å². The van der Waals surface area contributed by atoms with Crippen molar-refractivity contribution in [2.75, 3.05) is 6.61 Å². The molecule has 2 aromatic carbocycles. The highest BCUT2D eigenvalue weighted by atomic mass is 35.5. The fraction of sp³-hybridized carbons (Fsp3) is 0.176. The van der Waals surface area contributed by atoms with E-state index in [4.69, 9.17) is 16.3 Å². The third kappa shape index (κ3) is 2.91. The molecular formula is C17H14ClNO3S2. The number of hydrogen-bond acceptors (Lipinski definition) is 4. The number of halogens is 1. The van der Waals surface area contributed by atoms with Gasteiger partial charge in [0.05, 0.1) is 11.5 Å². The highest BCUT2D eigenvalue weighted by molar-refractivity contribution is 7.89. The lowest BCUT2D eigenvalue weighted by Gasteiger charge is -2.08. The number of ether oxygens (including phenoxy) is 1. The summed E-state index contributed by atoms with van der Waals surface area (Å²) in [6.07, 6.45) is 0.742. The second-order valence-corrected chi connectivity index (χ2v) is 8.71. The molecule has 0 atom stereocenters. The van der Waals surface area contributed by atoms with Crippen LogP contribution in [0.2, 0.25) is 5.02 Å². The molecule has 0 spiro atoms. The number of rotatable bonds is 4.